The van der Waals surface area contributed by atoms with E-state index in [9.17, 15) is 0 Å². The molecule has 0 saturated carbocycles. The van der Waals surface area contributed by atoms with E-state index in [1.54, 1.807) is 0 Å². The molecule has 0 amide bonds. The molecule has 0 bridgehead atoms. The molecule has 15 heavy (non-hydrogen) atoms. The maximum Gasteiger partial charge on any atom is 0.116 e. The largest absolute Gasteiger partial charge is 0.116 e. The first-order valence-electron chi connectivity index (χ1n) is 4.49. The topological polar surface area (TPSA) is 97.5 Å². The molecule has 0 aliphatic rings. The van der Waals surface area contributed by atoms with Crippen molar-refractivity contribution in [1.82, 2.24) is 0 Å². The standard InChI is InChI=1S/C9H10N6/c10-14-12-9(13-15-11)7-6-8-4-2-1-3-5-8/h1-5,9H,6-7H2. The molecule has 0 unspecified atom stereocenters. The van der Waals surface area contributed by atoms with Crippen LogP contribution in [0.1, 0.15) is 12.0 Å². The van der Waals surface area contributed by atoms with Gasteiger partial charge in [0, 0.05) is 9.82 Å². The molecule has 0 N–H and O–H groups in total. The van der Waals surface area contributed by atoms with E-state index < -0.39 is 6.17 Å². The number of hydrogen-bond donors (Lipinski definition) is 0. The summed E-state index contributed by atoms with van der Waals surface area (Å²) in [5.74, 6) is 0. The van der Waals surface area contributed by atoms with Crippen LogP contribution in [0.25, 0.3) is 20.9 Å². The molecule has 0 radical (unpaired) electrons. The van der Waals surface area contributed by atoms with Gasteiger partial charge in [-0.3, -0.25) is 0 Å². The van der Waals surface area contributed by atoms with Crippen molar-refractivity contribution in [3.63, 3.8) is 0 Å². The predicted molar refractivity (Wildman–Crippen MR) is 56.8 cm³/mol. The van der Waals surface area contributed by atoms with Gasteiger partial charge in [0.1, 0.15) is 6.17 Å². The molecule has 0 aromatic heterocycles. The normalized spacial score (nSPS) is 10.9. The number of hydrogen-bond acceptors (Lipinski definition) is 2. The van der Waals surface area contributed by atoms with Crippen molar-refractivity contribution in [1.29, 1.82) is 0 Å². The zero-order valence-electron chi connectivity index (χ0n) is 8.06. The van der Waals surface area contributed by atoms with E-state index in [-0.39, 0.29) is 0 Å². The summed E-state index contributed by atoms with van der Waals surface area (Å²) in [7, 11) is 0. The quantitative estimate of drug-likeness (QED) is 0.396. The van der Waals surface area contributed by atoms with E-state index in [1.807, 2.05) is 30.3 Å². The summed E-state index contributed by atoms with van der Waals surface area (Å²) in [6.45, 7) is 0. The van der Waals surface area contributed by atoms with Gasteiger partial charge in [-0.15, -0.1) is 0 Å². The molecular formula is C9H10N6. The highest BCUT2D eigenvalue weighted by Crippen LogP contribution is 2.08. The minimum atomic E-state index is -0.639. The van der Waals surface area contributed by atoms with Crippen LogP contribution in [0, 0.1) is 0 Å². The maximum atomic E-state index is 8.24. The van der Waals surface area contributed by atoms with E-state index in [2.05, 4.69) is 20.1 Å². The number of benzene rings is 1. The fourth-order valence-electron chi connectivity index (χ4n) is 1.20. The van der Waals surface area contributed by atoms with E-state index in [0.717, 1.165) is 12.0 Å². The van der Waals surface area contributed by atoms with Crippen molar-refractivity contribution in [3.8, 4) is 0 Å². The summed E-state index contributed by atoms with van der Waals surface area (Å²) < 4.78 is 0. The molecular weight excluding hydrogens is 192 g/mol. The Balaban J connectivity index is 2.54. The molecule has 1 rings (SSSR count). The Morgan fingerprint density at radius 2 is 1.67 bits per heavy atom. The lowest BCUT2D eigenvalue weighted by molar-refractivity contribution is 0.631. The van der Waals surface area contributed by atoms with Crippen molar-refractivity contribution in [2.24, 2.45) is 10.2 Å². The summed E-state index contributed by atoms with van der Waals surface area (Å²) in [5.41, 5.74) is 17.6. The lowest BCUT2D eigenvalue weighted by atomic mass is 10.1. The van der Waals surface area contributed by atoms with Gasteiger partial charge < -0.3 is 0 Å². The zero-order valence-corrected chi connectivity index (χ0v) is 8.06. The molecule has 0 spiro atoms. The van der Waals surface area contributed by atoms with E-state index in [0.29, 0.717) is 6.42 Å². The monoisotopic (exact) mass is 202 g/mol. The van der Waals surface area contributed by atoms with E-state index in [1.165, 1.54) is 0 Å². The van der Waals surface area contributed by atoms with Crippen molar-refractivity contribution >= 4 is 0 Å². The molecule has 0 aliphatic heterocycles. The molecule has 6 heteroatoms. The first-order valence-corrected chi connectivity index (χ1v) is 4.49. The summed E-state index contributed by atoms with van der Waals surface area (Å²) >= 11 is 0. The lowest BCUT2D eigenvalue weighted by Gasteiger charge is -2.03. The van der Waals surface area contributed by atoms with Crippen LogP contribution < -0.4 is 0 Å². The second-order valence-corrected chi connectivity index (χ2v) is 2.91. The SMILES string of the molecule is [N-]=[N+]=NC(CCc1ccccc1)N=[N+]=[N-]. The minimum Gasteiger partial charge on any atom is -0.0846 e. The predicted octanol–water partition coefficient (Wildman–Crippen LogP) is 3.57. The van der Waals surface area contributed by atoms with Gasteiger partial charge in [0.15, 0.2) is 0 Å². The summed E-state index contributed by atoms with van der Waals surface area (Å²) in [6, 6.07) is 9.76. The third-order valence-corrected chi connectivity index (χ3v) is 1.90. The molecule has 0 saturated heterocycles. The van der Waals surface area contributed by atoms with Gasteiger partial charge >= 0.3 is 0 Å². The van der Waals surface area contributed by atoms with Gasteiger partial charge in [-0.05, 0) is 29.5 Å². The molecule has 76 valence electrons. The fraction of sp³-hybridized carbons (Fsp3) is 0.333. The number of rotatable bonds is 5. The van der Waals surface area contributed by atoms with Crippen LogP contribution in [0.2, 0.25) is 0 Å². The van der Waals surface area contributed by atoms with Gasteiger partial charge in [-0.25, -0.2) is 0 Å². The highest BCUT2D eigenvalue weighted by Gasteiger charge is 2.02. The molecule has 1 aromatic carbocycles. The summed E-state index contributed by atoms with van der Waals surface area (Å²) in [5, 5.41) is 6.78. The zero-order chi connectivity index (χ0) is 10.9. The number of azide groups is 1. The van der Waals surface area contributed by atoms with Crippen molar-refractivity contribution < 1.29 is 0 Å². The number of nitrogens with zero attached hydrogens (tertiary/aromatic N) is 6. The van der Waals surface area contributed by atoms with Crippen molar-refractivity contribution in [2.75, 3.05) is 0 Å². The van der Waals surface area contributed by atoms with E-state index in [4.69, 9.17) is 11.1 Å². The van der Waals surface area contributed by atoms with Crippen LogP contribution in [0.3, 0.4) is 0 Å². The maximum absolute atomic E-state index is 8.24. The van der Waals surface area contributed by atoms with Gasteiger partial charge in [0.05, 0.1) is 0 Å². The number of aryl methyl sites for hydroxylation is 1. The Bertz CT molecular complexity index is 370. The van der Waals surface area contributed by atoms with Crippen molar-refractivity contribution in [3.05, 3.63) is 56.8 Å². The Hall–Kier alpha value is -2.16. The molecule has 0 heterocycles. The third kappa shape index (κ3) is 4.04. The highest BCUT2D eigenvalue weighted by molar-refractivity contribution is 5.14. The second kappa shape index (κ2) is 6.32. The third-order valence-electron chi connectivity index (χ3n) is 1.90. The Labute approximate surface area is 86.8 Å². The smallest absolute Gasteiger partial charge is 0.0846 e. The fourth-order valence-corrected chi connectivity index (χ4v) is 1.20. The van der Waals surface area contributed by atoms with Crippen LogP contribution >= 0.6 is 0 Å². The molecule has 6 nitrogen and oxygen atoms in total. The molecule has 1 aromatic rings. The van der Waals surface area contributed by atoms with Crippen LogP contribution in [-0.4, -0.2) is 6.17 Å². The van der Waals surface area contributed by atoms with Gasteiger partial charge in [-0.1, -0.05) is 40.6 Å². The average Bonchev–Trinajstić information content (AvgIpc) is 2.28. The van der Waals surface area contributed by atoms with Gasteiger partial charge in [-0.2, -0.15) is 0 Å². The molecule has 0 aliphatic carbocycles. The Kier molecular flexibility index (Phi) is 4.60. The van der Waals surface area contributed by atoms with Gasteiger partial charge in [0.2, 0.25) is 0 Å². The minimum absolute atomic E-state index is 0.526. The summed E-state index contributed by atoms with van der Waals surface area (Å²) in [4.78, 5) is 5.25. The highest BCUT2D eigenvalue weighted by atomic mass is 15.3. The Morgan fingerprint density at radius 1 is 1.07 bits per heavy atom. The molecule has 0 atom stereocenters. The summed E-state index contributed by atoms with van der Waals surface area (Å²) in [6.07, 6.45) is 0.613. The van der Waals surface area contributed by atoms with Gasteiger partial charge in [0.25, 0.3) is 0 Å². The molecule has 0 fully saturated rings. The average molecular weight is 202 g/mol. The first kappa shape index (κ1) is 10.9. The second-order valence-electron chi connectivity index (χ2n) is 2.91. The lowest BCUT2D eigenvalue weighted by Crippen LogP contribution is -2.00. The van der Waals surface area contributed by atoms with Crippen molar-refractivity contribution in [2.45, 2.75) is 19.0 Å². The Morgan fingerprint density at radius 3 is 2.20 bits per heavy atom. The van der Waals surface area contributed by atoms with Crippen LogP contribution in [0.15, 0.2) is 40.6 Å². The first-order chi connectivity index (χ1) is 7.36. The van der Waals surface area contributed by atoms with Crippen LogP contribution in [0.5, 0.6) is 0 Å². The van der Waals surface area contributed by atoms with E-state index >= 15 is 0 Å². The van der Waals surface area contributed by atoms with Crippen LogP contribution in [0.4, 0.5) is 0 Å². The van der Waals surface area contributed by atoms with Crippen LogP contribution in [-0.2, 0) is 6.42 Å².